The zero-order chi connectivity index (χ0) is 20.9. The van der Waals surface area contributed by atoms with E-state index in [0.717, 1.165) is 30.3 Å². The Bertz CT molecular complexity index is 1050. The van der Waals surface area contributed by atoms with Crippen molar-refractivity contribution in [3.63, 3.8) is 0 Å². The van der Waals surface area contributed by atoms with Gasteiger partial charge in [0.1, 0.15) is 23.2 Å². The van der Waals surface area contributed by atoms with Gasteiger partial charge in [-0.15, -0.1) is 0 Å². The molecule has 2 aromatic rings. The molecular formula is C18H9F3N2O5. The van der Waals surface area contributed by atoms with Gasteiger partial charge in [-0.05, 0) is 24.3 Å². The van der Waals surface area contributed by atoms with Gasteiger partial charge in [0, 0.05) is 19.1 Å². The highest BCUT2D eigenvalue weighted by atomic mass is 19.4. The van der Waals surface area contributed by atoms with Gasteiger partial charge in [-0.1, -0.05) is 5.92 Å². The molecule has 0 saturated heterocycles. The summed E-state index contributed by atoms with van der Waals surface area (Å²) in [6, 6.07) is 7.05. The van der Waals surface area contributed by atoms with Gasteiger partial charge in [0.05, 0.1) is 22.1 Å². The third-order valence-corrected chi connectivity index (χ3v) is 3.28. The molecule has 0 spiro atoms. The molecule has 0 aliphatic carbocycles. The van der Waals surface area contributed by atoms with Gasteiger partial charge in [0.15, 0.2) is 0 Å². The van der Waals surface area contributed by atoms with Crippen molar-refractivity contribution in [3.05, 3.63) is 63.2 Å². The van der Waals surface area contributed by atoms with Crippen LogP contribution < -0.4 is 4.74 Å². The predicted molar refractivity (Wildman–Crippen MR) is 88.2 cm³/mol. The van der Waals surface area contributed by atoms with E-state index in [1.54, 1.807) is 0 Å². The summed E-state index contributed by atoms with van der Waals surface area (Å²) in [5.74, 6) is 0.959. The number of nitriles is 1. The SMILES string of the molecule is CC#COC(=O)c1cc(Oc2ccc(C(F)(F)F)c(C#N)c2)ccc1[N+](=O)[O-]. The molecule has 0 amide bonds. The molecule has 142 valence electrons. The Balaban J connectivity index is 2.41. The summed E-state index contributed by atoms with van der Waals surface area (Å²) in [7, 11) is 0. The third kappa shape index (κ3) is 4.56. The molecule has 0 aliphatic rings. The Morgan fingerprint density at radius 1 is 1.18 bits per heavy atom. The van der Waals surface area contributed by atoms with Crippen molar-refractivity contribution in [2.75, 3.05) is 0 Å². The number of ether oxygens (including phenoxy) is 2. The minimum absolute atomic E-state index is 0.0920. The molecule has 0 bridgehead atoms. The first-order valence-electron chi connectivity index (χ1n) is 7.38. The van der Waals surface area contributed by atoms with Gasteiger partial charge < -0.3 is 9.47 Å². The van der Waals surface area contributed by atoms with Crippen LogP contribution in [0, 0.1) is 33.5 Å². The number of nitro benzene ring substituents is 1. The van der Waals surface area contributed by atoms with Gasteiger partial charge >= 0.3 is 12.1 Å². The van der Waals surface area contributed by atoms with Crippen molar-refractivity contribution in [2.45, 2.75) is 13.1 Å². The Kier molecular flexibility index (Phi) is 5.86. The number of hydrogen-bond acceptors (Lipinski definition) is 6. The fourth-order valence-corrected chi connectivity index (χ4v) is 2.12. The molecule has 0 N–H and O–H groups in total. The molecule has 28 heavy (non-hydrogen) atoms. The Morgan fingerprint density at radius 2 is 1.82 bits per heavy atom. The Labute approximate surface area is 156 Å². The maximum atomic E-state index is 12.8. The van der Waals surface area contributed by atoms with Crippen LogP contribution in [-0.4, -0.2) is 10.9 Å². The van der Waals surface area contributed by atoms with Crippen LogP contribution in [0.3, 0.4) is 0 Å². The fraction of sp³-hybridized carbons (Fsp3) is 0.111. The molecule has 7 nitrogen and oxygen atoms in total. The van der Waals surface area contributed by atoms with Crippen LogP contribution in [0.2, 0.25) is 0 Å². The summed E-state index contributed by atoms with van der Waals surface area (Å²) < 4.78 is 48.4. The van der Waals surface area contributed by atoms with Crippen LogP contribution in [0.4, 0.5) is 18.9 Å². The Hall–Kier alpha value is -4.05. The number of halogens is 3. The van der Waals surface area contributed by atoms with Crippen molar-refractivity contribution >= 4 is 11.7 Å². The zero-order valence-electron chi connectivity index (χ0n) is 14.0. The second-order valence-corrected chi connectivity index (χ2v) is 5.10. The van der Waals surface area contributed by atoms with Crippen LogP contribution in [0.25, 0.3) is 0 Å². The topological polar surface area (TPSA) is 102 Å². The third-order valence-electron chi connectivity index (χ3n) is 3.28. The van der Waals surface area contributed by atoms with E-state index in [1.807, 2.05) is 6.11 Å². The highest BCUT2D eigenvalue weighted by Crippen LogP contribution is 2.35. The fourth-order valence-electron chi connectivity index (χ4n) is 2.12. The molecule has 10 heteroatoms. The van der Waals surface area contributed by atoms with Crippen LogP contribution in [0.5, 0.6) is 11.5 Å². The average molecular weight is 390 g/mol. The number of nitrogens with zero attached hydrogens (tertiary/aromatic N) is 2. The van der Waals surface area contributed by atoms with Crippen LogP contribution in [0.15, 0.2) is 36.4 Å². The van der Waals surface area contributed by atoms with Crippen molar-refractivity contribution in [3.8, 4) is 29.6 Å². The van der Waals surface area contributed by atoms with Crippen molar-refractivity contribution in [2.24, 2.45) is 0 Å². The lowest BCUT2D eigenvalue weighted by Crippen LogP contribution is -2.08. The normalized spacial score (nSPS) is 10.2. The van der Waals surface area contributed by atoms with Gasteiger partial charge in [0.25, 0.3) is 5.69 Å². The molecule has 0 atom stereocenters. The summed E-state index contributed by atoms with van der Waals surface area (Å²) >= 11 is 0. The second-order valence-electron chi connectivity index (χ2n) is 5.10. The van der Waals surface area contributed by atoms with Gasteiger partial charge in [-0.3, -0.25) is 10.1 Å². The van der Waals surface area contributed by atoms with Crippen molar-refractivity contribution in [1.29, 1.82) is 5.26 Å². The lowest BCUT2D eigenvalue weighted by Gasteiger charge is -2.11. The average Bonchev–Trinajstić information content (AvgIpc) is 2.64. The molecule has 0 aromatic heterocycles. The standard InChI is InChI=1S/C18H9F3N2O5/c1-2-7-27-17(24)14-9-13(4-6-16(14)23(25)26)28-12-3-5-15(18(19,20)21)11(8-12)10-22/h3-6,8-9H,1H3. The molecule has 0 fully saturated rings. The number of nitro groups is 1. The van der Waals surface area contributed by atoms with Crippen molar-refractivity contribution in [1.82, 2.24) is 0 Å². The highest BCUT2D eigenvalue weighted by molar-refractivity contribution is 5.95. The molecule has 0 aliphatic heterocycles. The minimum Gasteiger partial charge on any atom is -0.457 e. The van der Waals surface area contributed by atoms with E-state index in [4.69, 9.17) is 10.00 Å². The summed E-state index contributed by atoms with van der Waals surface area (Å²) in [6.07, 6.45) is -2.70. The zero-order valence-corrected chi connectivity index (χ0v) is 14.0. The number of esters is 1. The van der Waals surface area contributed by atoms with E-state index in [0.29, 0.717) is 6.07 Å². The highest BCUT2D eigenvalue weighted by Gasteiger charge is 2.33. The van der Waals surface area contributed by atoms with E-state index >= 15 is 0 Å². The molecule has 2 aromatic carbocycles. The quantitative estimate of drug-likeness (QED) is 0.331. The van der Waals surface area contributed by atoms with Crippen LogP contribution in [0.1, 0.15) is 28.4 Å². The molecule has 0 heterocycles. The van der Waals surface area contributed by atoms with Gasteiger partial charge in [-0.2, -0.15) is 18.4 Å². The van der Waals surface area contributed by atoms with Crippen LogP contribution in [-0.2, 0) is 10.9 Å². The van der Waals surface area contributed by atoms with Crippen LogP contribution >= 0.6 is 0 Å². The summed E-state index contributed by atoms with van der Waals surface area (Å²) in [6.45, 7) is 1.39. The van der Waals surface area contributed by atoms with E-state index < -0.39 is 39.4 Å². The van der Waals surface area contributed by atoms with E-state index in [1.165, 1.54) is 13.0 Å². The lowest BCUT2D eigenvalue weighted by atomic mass is 10.1. The predicted octanol–water partition coefficient (Wildman–Crippen LogP) is 4.42. The maximum Gasteiger partial charge on any atom is 0.417 e. The number of benzene rings is 2. The number of carbonyl (C=O) groups is 1. The van der Waals surface area contributed by atoms with E-state index in [-0.39, 0.29) is 11.5 Å². The first-order valence-corrected chi connectivity index (χ1v) is 7.38. The van der Waals surface area contributed by atoms with Gasteiger partial charge in [0.2, 0.25) is 0 Å². The summed E-state index contributed by atoms with van der Waals surface area (Å²) in [5, 5.41) is 20.0. The number of hydrogen-bond donors (Lipinski definition) is 0. The smallest absolute Gasteiger partial charge is 0.417 e. The second kappa shape index (κ2) is 8.10. The molecule has 0 radical (unpaired) electrons. The monoisotopic (exact) mass is 390 g/mol. The Morgan fingerprint density at radius 3 is 2.39 bits per heavy atom. The molecular weight excluding hydrogens is 381 g/mol. The molecule has 0 unspecified atom stereocenters. The largest absolute Gasteiger partial charge is 0.457 e. The lowest BCUT2D eigenvalue weighted by molar-refractivity contribution is -0.385. The number of alkyl halides is 3. The molecule has 0 saturated carbocycles. The number of carbonyl (C=O) groups excluding carboxylic acids is 1. The minimum atomic E-state index is -4.71. The first-order chi connectivity index (χ1) is 13.2. The summed E-state index contributed by atoms with van der Waals surface area (Å²) in [4.78, 5) is 22.2. The number of rotatable bonds is 4. The van der Waals surface area contributed by atoms with Gasteiger partial charge in [-0.25, -0.2) is 4.79 Å². The van der Waals surface area contributed by atoms with E-state index in [2.05, 4.69) is 10.7 Å². The summed E-state index contributed by atoms with van der Waals surface area (Å²) in [5.41, 5.74) is -2.82. The maximum absolute atomic E-state index is 12.8. The van der Waals surface area contributed by atoms with E-state index in [9.17, 15) is 28.1 Å². The van der Waals surface area contributed by atoms with Crippen molar-refractivity contribution < 1.29 is 32.4 Å². The first kappa shape index (κ1) is 20.3. The molecule has 2 rings (SSSR count).